The first-order valence-corrected chi connectivity index (χ1v) is 12.5. The van der Waals surface area contributed by atoms with Crippen molar-refractivity contribution in [2.24, 2.45) is 4.99 Å². The molecule has 0 aliphatic rings. The van der Waals surface area contributed by atoms with E-state index in [9.17, 15) is 19.5 Å². The summed E-state index contributed by atoms with van der Waals surface area (Å²) in [4.78, 5) is 47.9. The maximum Gasteiger partial charge on any atom is 0.337 e. The monoisotopic (exact) mass is 541 g/mol. The van der Waals surface area contributed by atoms with Gasteiger partial charge in [0.2, 0.25) is 11.8 Å². The second kappa shape index (κ2) is 11.8. The van der Waals surface area contributed by atoms with Crippen LogP contribution in [-0.4, -0.2) is 73.3 Å². The van der Waals surface area contributed by atoms with Gasteiger partial charge in [-0.25, -0.2) is 9.79 Å². The molecule has 0 saturated heterocycles. The highest BCUT2D eigenvalue weighted by molar-refractivity contribution is 6.22. The number of aromatic amines is 1. The Hall–Kier alpha value is -4.96. The van der Waals surface area contributed by atoms with Gasteiger partial charge in [0.05, 0.1) is 47.6 Å². The molecule has 0 saturated carbocycles. The Morgan fingerprint density at radius 3 is 2.35 bits per heavy atom. The van der Waals surface area contributed by atoms with Gasteiger partial charge in [0.25, 0.3) is 0 Å². The van der Waals surface area contributed by atoms with Gasteiger partial charge < -0.3 is 29.9 Å². The van der Waals surface area contributed by atoms with Crippen LogP contribution >= 0.6 is 0 Å². The first-order valence-electron chi connectivity index (χ1n) is 12.5. The van der Waals surface area contributed by atoms with Gasteiger partial charge in [0, 0.05) is 30.4 Å². The van der Waals surface area contributed by atoms with Crippen LogP contribution in [0.3, 0.4) is 0 Å². The van der Waals surface area contributed by atoms with Gasteiger partial charge in [0.1, 0.15) is 0 Å². The molecule has 206 valence electrons. The molecule has 1 heterocycles. The van der Waals surface area contributed by atoms with E-state index in [-0.39, 0.29) is 24.2 Å². The summed E-state index contributed by atoms with van der Waals surface area (Å²) in [5, 5.41) is 14.4. The molecule has 4 rings (SSSR count). The summed E-state index contributed by atoms with van der Waals surface area (Å²) in [6.07, 6.45) is 0. The number of carbonyl (C=O) groups is 3. The number of rotatable bonds is 8. The number of aromatic nitrogens is 1. The molecule has 0 radical (unpaired) electrons. The topological polar surface area (TPSA) is 127 Å². The molecule has 10 nitrogen and oxygen atoms in total. The molecule has 3 aromatic carbocycles. The van der Waals surface area contributed by atoms with Crippen molar-refractivity contribution in [3.05, 3.63) is 83.4 Å². The van der Waals surface area contributed by atoms with Gasteiger partial charge in [-0.1, -0.05) is 36.4 Å². The van der Waals surface area contributed by atoms with Crippen molar-refractivity contribution >= 4 is 51.5 Å². The van der Waals surface area contributed by atoms with Crippen LogP contribution in [0.15, 0.2) is 71.7 Å². The number of ether oxygens (including phenoxy) is 1. The Balaban J connectivity index is 1.87. The smallest absolute Gasteiger partial charge is 0.337 e. The number of amides is 2. The molecule has 40 heavy (non-hydrogen) atoms. The minimum Gasteiger partial charge on any atom is -0.494 e. The summed E-state index contributed by atoms with van der Waals surface area (Å²) in [6.45, 7) is 1.59. The SMILES string of the molecule is COC(=O)c1ccc2c(C(=Nc3ccc(N(C)C(=O)CN(C)C)c(NC(C)=O)c3)c3ccccc3)c(O)[nH]c2c1. The predicted molar refractivity (Wildman–Crippen MR) is 156 cm³/mol. The molecule has 10 heteroatoms. The zero-order chi connectivity index (χ0) is 29.0. The lowest BCUT2D eigenvalue weighted by atomic mass is 10.00. The number of H-pyrrole nitrogens is 1. The van der Waals surface area contributed by atoms with Gasteiger partial charge in [0.15, 0.2) is 5.88 Å². The molecule has 0 unspecified atom stereocenters. The van der Waals surface area contributed by atoms with Crippen molar-refractivity contribution in [3.8, 4) is 5.88 Å². The fourth-order valence-corrected chi connectivity index (χ4v) is 4.34. The molecule has 3 N–H and O–H groups in total. The number of nitrogens with one attached hydrogen (secondary N) is 2. The van der Waals surface area contributed by atoms with Crippen LogP contribution in [0.1, 0.15) is 28.4 Å². The van der Waals surface area contributed by atoms with Crippen LogP contribution in [-0.2, 0) is 14.3 Å². The van der Waals surface area contributed by atoms with Gasteiger partial charge >= 0.3 is 5.97 Å². The number of likely N-dealkylation sites (N-methyl/N-ethyl adjacent to an activating group) is 2. The van der Waals surface area contributed by atoms with E-state index >= 15 is 0 Å². The minimum atomic E-state index is -0.492. The number of anilines is 2. The number of carbonyl (C=O) groups excluding carboxylic acids is 3. The van der Waals surface area contributed by atoms with Crippen LogP contribution in [0, 0.1) is 0 Å². The quantitative estimate of drug-likeness (QED) is 0.225. The summed E-state index contributed by atoms with van der Waals surface area (Å²) in [5.41, 5.74) is 3.95. The predicted octanol–water partition coefficient (Wildman–Crippen LogP) is 4.31. The van der Waals surface area contributed by atoms with Gasteiger partial charge in [-0.05, 0) is 44.4 Å². The van der Waals surface area contributed by atoms with Gasteiger partial charge in [-0.3, -0.25) is 9.59 Å². The highest BCUT2D eigenvalue weighted by Crippen LogP contribution is 2.34. The van der Waals surface area contributed by atoms with E-state index in [1.165, 1.54) is 18.9 Å². The van der Waals surface area contributed by atoms with Crippen molar-refractivity contribution < 1.29 is 24.2 Å². The van der Waals surface area contributed by atoms with E-state index in [1.54, 1.807) is 62.4 Å². The van der Waals surface area contributed by atoms with Crippen molar-refractivity contribution in [1.29, 1.82) is 0 Å². The van der Waals surface area contributed by atoms with Crippen molar-refractivity contribution in [3.63, 3.8) is 0 Å². The van der Waals surface area contributed by atoms with Crippen molar-refractivity contribution in [2.75, 3.05) is 45.0 Å². The number of fused-ring (bicyclic) bond motifs is 1. The molecular formula is C30H31N5O5. The molecule has 0 fully saturated rings. The maximum atomic E-state index is 12.7. The number of esters is 1. The average molecular weight is 542 g/mol. The lowest BCUT2D eigenvalue weighted by Crippen LogP contribution is -2.35. The lowest BCUT2D eigenvalue weighted by Gasteiger charge is -2.23. The molecular weight excluding hydrogens is 510 g/mol. The first-order chi connectivity index (χ1) is 19.1. The third-order valence-electron chi connectivity index (χ3n) is 6.20. The van der Waals surface area contributed by atoms with E-state index in [0.29, 0.717) is 44.8 Å². The van der Waals surface area contributed by atoms with Crippen LogP contribution in [0.2, 0.25) is 0 Å². The Morgan fingerprint density at radius 1 is 0.975 bits per heavy atom. The second-order valence-electron chi connectivity index (χ2n) is 9.50. The molecule has 4 aromatic rings. The Kier molecular flexibility index (Phi) is 8.30. The molecule has 0 aliphatic carbocycles. The molecule has 0 spiro atoms. The number of nitrogens with zero attached hydrogens (tertiary/aromatic N) is 3. The van der Waals surface area contributed by atoms with Crippen LogP contribution < -0.4 is 10.2 Å². The van der Waals surface area contributed by atoms with Crippen molar-refractivity contribution in [2.45, 2.75) is 6.92 Å². The fourth-order valence-electron chi connectivity index (χ4n) is 4.34. The van der Waals surface area contributed by atoms with Crippen LogP contribution in [0.5, 0.6) is 5.88 Å². The Morgan fingerprint density at radius 2 is 1.70 bits per heavy atom. The highest BCUT2D eigenvalue weighted by Gasteiger charge is 2.21. The fraction of sp³-hybridized carbons (Fsp3) is 0.200. The highest BCUT2D eigenvalue weighted by atomic mass is 16.5. The van der Waals surface area contributed by atoms with E-state index < -0.39 is 5.97 Å². The number of aromatic hydroxyl groups is 1. The summed E-state index contributed by atoms with van der Waals surface area (Å²) in [6, 6.07) is 19.4. The number of hydrogen-bond acceptors (Lipinski definition) is 7. The normalized spacial score (nSPS) is 11.5. The first kappa shape index (κ1) is 28.1. The Bertz CT molecular complexity index is 1610. The van der Waals surface area contributed by atoms with E-state index in [0.717, 1.165) is 5.56 Å². The second-order valence-corrected chi connectivity index (χ2v) is 9.50. The lowest BCUT2D eigenvalue weighted by molar-refractivity contribution is -0.119. The van der Waals surface area contributed by atoms with Crippen LogP contribution in [0.4, 0.5) is 17.1 Å². The maximum absolute atomic E-state index is 12.7. The van der Waals surface area contributed by atoms with E-state index in [1.807, 2.05) is 30.3 Å². The molecule has 0 aliphatic heterocycles. The van der Waals surface area contributed by atoms with Crippen LogP contribution in [0.25, 0.3) is 10.9 Å². The third-order valence-corrected chi connectivity index (χ3v) is 6.20. The minimum absolute atomic E-state index is 0.118. The summed E-state index contributed by atoms with van der Waals surface area (Å²) < 4.78 is 4.82. The standard InChI is InChI=1S/C30H31N5O5/c1-18(36)31-24-16-21(12-14-25(24)35(4)26(37)17-34(2)3)32-28(19-9-7-6-8-10-19)27-22-13-11-20(30(39)40-5)15-23(22)33-29(27)38/h6-16,33,38H,17H2,1-5H3,(H,31,36). The van der Waals surface area contributed by atoms with Gasteiger partial charge in [-0.15, -0.1) is 0 Å². The molecule has 1 aromatic heterocycles. The summed E-state index contributed by atoms with van der Waals surface area (Å²) in [5.74, 6) is -1.05. The Labute approximate surface area is 231 Å². The molecule has 0 bridgehead atoms. The average Bonchev–Trinajstić information content (AvgIpc) is 3.25. The molecule has 0 atom stereocenters. The molecule has 2 amide bonds. The van der Waals surface area contributed by atoms with Crippen molar-refractivity contribution in [1.82, 2.24) is 9.88 Å². The number of benzene rings is 3. The zero-order valence-electron chi connectivity index (χ0n) is 23.0. The summed E-state index contributed by atoms with van der Waals surface area (Å²) >= 11 is 0. The van der Waals surface area contributed by atoms with E-state index in [2.05, 4.69) is 10.3 Å². The number of hydrogen-bond donors (Lipinski definition) is 3. The van der Waals surface area contributed by atoms with E-state index in [4.69, 9.17) is 9.73 Å². The zero-order valence-corrected chi connectivity index (χ0v) is 23.0. The summed E-state index contributed by atoms with van der Waals surface area (Å²) in [7, 11) is 6.57. The largest absolute Gasteiger partial charge is 0.494 e. The van der Waals surface area contributed by atoms with Gasteiger partial charge in [-0.2, -0.15) is 0 Å². The number of aliphatic imine (C=N–C) groups is 1. The third kappa shape index (κ3) is 6.02. The number of methoxy groups -OCH3 is 1.